The van der Waals surface area contributed by atoms with Gasteiger partial charge in [0.15, 0.2) is 21.3 Å². The van der Waals surface area contributed by atoms with Crippen LogP contribution in [0.1, 0.15) is 95.4 Å². The molecule has 5 atom stereocenters. The topological polar surface area (TPSA) is 251 Å². The lowest BCUT2D eigenvalue weighted by Gasteiger charge is -2.54. The third kappa shape index (κ3) is 7.89. The first-order valence-electron chi connectivity index (χ1n) is 21.7. The maximum Gasteiger partial charge on any atom is 0.271 e. The lowest BCUT2D eigenvalue weighted by Crippen LogP contribution is -2.62. The molecule has 1 aromatic heterocycles. The Morgan fingerprint density at radius 1 is 0.921 bits per heavy atom. The Hall–Kier alpha value is -5.95. The van der Waals surface area contributed by atoms with Crippen LogP contribution in [0.3, 0.4) is 0 Å². The van der Waals surface area contributed by atoms with E-state index in [1.807, 2.05) is 6.07 Å². The monoisotopic (exact) mass is 880 g/mol. The highest BCUT2D eigenvalue weighted by Crippen LogP contribution is 2.53. The van der Waals surface area contributed by atoms with Crippen molar-refractivity contribution in [1.29, 1.82) is 0 Å². The first-order valence-corrected chi connectivity index (χ1v) is 23.6. The number of rotatable bonds is 11. The van der Waals surface area contributed by atoms with Gasteiger partial charge in [0.2, 0.25) is 17.7 Å². The Labute approximate surface area is 365 Å². The van der Waals surface area contributed by atoms with Crippen molar-refractivity contribution in [2.24, 2.45) is 29.2 Å². The normalized spacial score (nSPS) is 26.8. The first-order chi connectivity index (χ1) is 30.1. The SMILES string of the molecule is CS(=O)(=O)c1ccc(Nc2nc(N3CCC[C@@H](C45CCC(CC(C(N)=O)C4)N5CC4CCN(c5ccc6c(c5)C(=O)N(C5CCC(=O)NC5=O)C6=O)CC4)C3)cnc2C(N)=O)cc1. The number of anilines is 4. The van der Waals surface area contributed by atoms with Crippen LogP contribution < -0.4 is 31.9 Å². The minimum Gasteiger partial charge on any atom is -0.371 e. The van der Waals surface area contributed by atoms with E-state index < -0.39 is 45.4 Å². The molecule has 6 aliphatic heterocycles. The van der Waals surface area contributed by atoms with Crippen molar-refractivity contribution < 1.29 is 37.2 Å². The summed E-state index contributed by atoms with van der Waals surface area (Å²) in [7, 11) is -3.40. The van der Waals surface area contributed by atoms with E-state index in [2.05, 4.69) is 30.3 Å². The third-order valence-electron chi connectivity index (χ3n) is 14.4. The van der Waals surface area contributed by atoms with Crippen LogP contribution in [0.25, 0.3) is 0 Å². The molecule has 0 saturated carbocycles. The van der Waals surface area contributed by atoms with Gasteiger partial charge in [-0.1, -0.05) is 0 Å². The molecule has 332 valence electrons. The molecule has 5 fully saturated rings. The maximum absolute atomic E-state index is 13.5. The smallest absolute Gasteiger partial charge is 0.271 e. The number of nitrogens with zero attached hydrogens (tertiary/aromatic N) is 6. The van der Waals surface area contributed by atoms with Crippen LogP contribution in [0.4, 0.5) is 23.0 Å². The molecule has 6 N–H and O–H groups in total. The molecule has 18 nitrogen and oxygen atoms in total. The number of carbonyl (C=O) groups excluding carboxylic acids is 6. The fourth-order valence-electron chi connectivity index (χ4n) is 11.2. The number of primary amides is 2. The Kier molecular flexibility index (Phi) is 11.0. The highest BCUT2D eigenvalue weighted by atomic mass is 32.2. The average Bonchev–Trinajstić information content (AvgIpc) is 3.61. The predicted octanol–water partition coefficient (Wildman–Crippen LogP) is 2.36. The van der Waals surface area contributed by atoms with Gasteiger partial charge in [-0.2, -0.15) is 0 Å². The quantitative estimate of drug-likeness (QED) is 0.202. The Balaban J connectivity index is 0.896. The van der Waals surface area contributed by atoms with Crippen LogP contribution in [0.15, 0.2) is 53.6 Å². The summed E-state index contributed by atoms with van der Waals surface area (Å²) in [5.41, 5.74) is 13.3. The van der Waals surface area contributed by atoms with Crippen molar-refractivity contribution in [1.82, 2.24) is 25.1 Å². The van der Waals surface area contributed by atoms with Gasteiger partial charge in [0.25, 0.3) is 17.7 Å². The van der Waals surface area contributed by atoms with Crippen molar-refractivity contribution in [2.75, 3.05) is 54.1 Å². The van der Waals surface area contributed by atoms with Crippen LogP contribution in [0.5, 0.6) is 0 Å². The molecule has 9 rings (SSSR count). The number of hydrogen-bond acceptors (Lipinski definition) is 14. The van der Waals surface area contributed by atoms with E-state index >= 15 is 0 Å². The van der Waals surface area contributed by atoms with E-state index in [0.29, 0.717) is 30.4 Å². The summed E-state index contributed by atoms with van der Waals surface area (Å²) in [6.07, 6.45) is 9.92. The van der Waals surface area contributed by atoms with Gasteiger partial charge in [-0.25, -0.2) is 18.4 Å². The van der Waals surface area contributed by atoms with Crippen molar-refractivity contribution in [3.63, 3.8) is 0 Å². The minimum atomic E-state index is -3.40. The zero-order valence-corrected chi connectivity index (χ0v) is 35.9. The second-order valence-electron chi connectivity index (χ2n) is 18.1. The van der Waals surface area contributed by atoms with E-state index in [1.54, 1.807) is 30.5 Å². The molecular formula is C44H52N10O8S. The van der Waals surface area contributed by atoms with Gasteiger partial charge >= 0.3 is 0 Å². The van der Waals surface area contributed by atoms with Gasteiger partial charge in [0.1, 0.15) is 11.9 Å². The van der Waals surface area contributed by atoms with Crippen LogP contribution in [-0.4, -0.2) is 120 Å². The van der Waals surface area contributed by atoms with Crippen molar-refractivity contribution in [2.45, 2.75) is 86.7 Å². The number of nitrogens with two attached hydrogens (primary N) is 2. The number of piperidine rings is 4. The second-order valence-corrected chi connectivity index (χ2v) is 20.1. The molecule has 7 heterocycles. The summed E-state index contributed by atoms with van der Waals surface area (Å²) in [5, 5.41) is 5.36. The zero-order chi connectivity index (χ0) is 44.4. The van der Waals surface area contributed by atoms with Gasteiger partial charge in [-0.15, -0.1) is 0 Å². The molecule has 0 radical (unpaired) electrons. The zero-order valence-electron chi connectivity index (χ0n) is 35.1. The number of fused-ring (bicyclic) bond motifs is 3. The van der Waals surface area contributed by atoms with Gasteiger partial charge in [-0.05, 0) is 112 Å². The first kappa shape index (κ1) is 42.4. The van der Waals surface area contributed by atoms with Crippen LogP contribution in [-0.2, 0) is 24.2 Å². The second kappa shape index (κ2) is 16.3. The molecule has 6 aliphatic rings. The van der Waals surface area contributed by atoms with Gasteiger partial charge in [0, 0.05) is 74.3 Å². The van der Waals surface area contributed by atoms with E-state index in [4.69, 9.17) is 16.5 Å². The fourth-order valence-corrected chi connectivity index (χ4v) is 11.8. The summed E-state index contributed by atoms with van der Waals surface area (Å²) in [4.78, 5) is 94.0. The van der Waals surface area contributed by atoms with E-state index in [0.717, 1.165) is 88.0 Å². The largest absolute Gasteiger partial charge is 0.371 e. The number of aromatic nitrogens is 2. The summed E-state index contributed by atoms with van der Waals surface area (Å²) >= 11 is 0. The third-order valence-corrected chi connectivity index (χ3v) is 15.5. The molecule has 5 saturated heterocycles. The molecular weight excluding hydrogens is 829 g/mol. The number of amides is 6. The van der Waals surface area contributed by atoms with Gasteiger partial charge in [0.05, 0.1) is 22.2 Å². The molecule has 4 unspecified atom stereocenters. The Bertz CT molecular complexity index is 2510. The molecule has 63 heavy (non-hydrogen) atoms. The molecule has 0 aliphatic carbocycles. The molecule has 3 aromatic rings. The summed E-state index contributed by atoms with van der Waals surface area (Å²) < 4.78 is 24.0. The van der Waals surface area contributed by atoms with E-state index in [1.165, 1.54) is 12.1 Å². The van der Waals surface area contributed by atoms with E-state index in [-0.39, 0.29) is 69.7 Å². The average molecular weight is 881 g/mol. The Morgan fingerprint density at radius 2 is 1.67 bits per heavy atom. The molecule has 0 spiro atoms. The fraction of sp³-hybridized carbons (Fsp3) is 0.500. The Morgan fingerprint density at radius 3 is 2.37 bits per heavy atom. The number of carbonyl (C=O) groups is 6. The summed E-state index contributed by atoms with van der Waals surface area (Å²) in [6.45, 7) is 3.79. The molecule has 2 bridgehead atoms. The van der Waals surface area contributed by atoms with Crippen LogP contribution >= 0.6 is 0 Å². The lowest BCUT2D eigenvalue weighted by molar-refractivity contribution is -0.136. The number of sulfone groups is 1. The van der Waals surface area contributed by atoms with E-state index in [9.17, 15) is 37.2 Å². The summed E-state index contributed by atoms with van der Waals surface area (Å²) in [6, 6.07) is 10.6. The highest BCUT2D eigenvalue weighted by Gasteiger charge is 2.57. The maximum atomic E-state index is 13.5. The minimum absolute atomic E-state index is 0.0401. The number of imide groups is 2. The van der Waals surface area contributed by atoms with Crippen LogP contribution in [0, 0.1) is 17.8 Å². The predicted molar refractivity (Wildman–Crippen MR) is 231 cm³/mol. The van der Waals surface area contributed by atoms with Gasteiger partial charge in [-0.3, -0.25) is 43.9 Å². The lowest BCUT2D eigenvalue weighted by atomic mass is 9.69. The molecule has 2 aromatic carbocycles. The van der Waals surface area contributed by atoms with Crippen LogP contribution in [0.2, 0.25) is 0 Å². The van der Waals surface area contributed by atoms with Crippen molar-refractivity contribution in [3.05, 3.63) is 65.5 Å². The van der Waals surface area contributed by atoms with Gasteiger partial charge < -0.3 is 26.6 Å². The number of benzene rings is 2. The standard InChI is InChI=1S/C44H52N10O8S/c1-63(61,62)31-7-4-28(5-8-31)48-40-37(39(46)57)47-22-35(49-40)52-16-2-3-27(24-52)44-15-12-30(19-26(21-44)38(45)56)53(44)23-25-13-17-51(18-14-25)29-6-9-32-33(20-29)43(60)54(42(32)59)34-10-11-36(55)50-41(34)58/h4-9,20,22,25-27,30,34H,2-3,10-19,21,23-24H2,1H3,(H2,45,56)(H2,46,57)(H,48,49)(H,50,55,58)/t26?,27-,30?,34?,44?/m1/s1. The molecule has 19 heteroatoms. The number of hydrogen-bond donors (Lipinski definition) is 4. The number of nitrogens with one attached hydrogen (secondary N) is 2. The summed E-state index contributed by atoms with van der Waals surface area (Å²) in [5.74, 6) is -1.99. The highest BCUT2D eigenvalue weighted by molar-refractivity contribution is 7.90. The van der Waals surface area contributed by atoms with Crippen molar-refractivity contribution in [3.8, 4) is 0 Å². The molecule has 6 amide bonds. The van der Waals surface area contributed by atoms with Crippen molar-refractivity contribution >= 4 is 68.3 Å².